The molecule has 0 radical (unpaired) electrons. The summed E-state index contributed by atoms with van der Waals surface area (Å²) < 4.78 is 4.62. The number of carbonyl (C=O) groups excluding carboxylic acids is 1. The van der Waals surface area contributed by atoms with Crippen LogP contribution in [-0.4, -0.2) is 25.3 Å². The third-order valence-electron chi connectivity index (χ3n) is 0.756. The fourth-order valence-electron chi connectivity index (χ4n) is 0.397. The second-order valence-electron chi connectivity index (χ2n) is 1.47. The molecular formula is C6H12NO2+. The Balaban J connectivity index is 3.27. The molecule has 9 heavy (non-hydrogen) atoms. The van der Waals surface area contributed by atoms with E-state index in [1.165, 1.54) is 0 Å². The molecule has 0 aliphatic carbocycles. The van der Waals surface area contributed by atoms with Gasteiger partial charge < -0.3 is 4.74 Å². The molecule has 0 amide bonds. The lowest BCUT2D eigenvalue weighted by Gasteiger charge is -1.92. The summed E-state index contributed by atoms with van der Waals surface area (Å²) >= 11 is 0. The van der Waals surface area contributed by atoms with Gasteiger partial charge in [-0.2, -0.15) is 0 Å². The van der Waals surface area contributed by atoms with E-state index in [4.69, 9.17) is 0 Å². The van der Waals surface area contributed by atoms with Crippen molar-refractivity contribution < 1.29 is 14.5 Å². The van der Waals surface area contributed by atoms with Crippen LogP contribution >= 0.6 is 0 Å². The molecule has 0 aliphatic heterocycles. The Kier molecular flexibility index (Phi) is 4.78. The molecule has 0 spiro atoms. The van der Waals surface area contributed by atoms with Crippen molar-refractivity contribution in [3.8, 4) is 0 Å². The van der Waals surface area contributed by atoms with Gasteiger partial charge in [0, 0.05) is 6.92 Å². The minimum Gasteiger partial charge on any atom is -0.461 e. The van der Waals surface area contributed by atoms with Crippen LogP contribution in [0.5, 0.6) is 0 Å². The van der Waals surface area contributed by atoms with Gasteiger partial charge in [-0.3, -0.25) is 0 Å². The highest BCUT2D eigenvalue weighted by atomic mass is 16.5. The van der Waals surface area contributed by atoms with Gasteiger partial charge in [-0.1, -0.05) is 0 Å². The number of hydrogen-bond acceptors (Lipinski definition) is 2. The van der Waals surface area contributed by atoms with Gasteiger partial charge in [0.15, 0.2) is 0 Å². The maximum atomic E-state index is 10.5. The van der Waals surface area contributed by atoms with Gasteiger partial charge in [0.05, 0.1) is 6.61 Å². The molecule has 0 saturated carbocycles. The van der Waals surface area contributed by atoms with E-state index in [1.807, 2.05) is 6.92 Å². The topological polar surface area (TPSA) is 40.3 Å². The van der Waals surface area contributed by atoms with Gasteiger partial charge in [0.1, 0.15) is 6.21 Å². The van der Waals surface area contributed by atoms with Crippen molar-refractivity contribution in [3.05, 3.63) is 0 Å². The molecule has 3 heteroatoms. The van der Waals surface area contributed by atoms with Crippen LogP contribution in [-0.2, 0) is 9.53 Å². The first-order valence-electron chi connectivity index (χ1n) is 2.98. The molecule has 0 unspecified atom stereocenters. The third kappa shape index (κ3) is 5.00. The van der Waals surface area contributed by atoms with Crippen LogP contribution in [0.1, 0.15) is 13.8 Å². The Labute approximate surface area is 54.7 Å². The summed E-state index contributed by atoms with van der Waals surface area (Å²) in [5.74, 6) is -0.212. The standard InChI is InChI=1S/C6H11NO2/c1-3-7-5-6(8)9-4-2/h3H,4-5H2,1-2H3/p+1. The minimum atomic E-state index is -0.212. The van der Waals surface area contributed by atoms with Crippen molar-refractivity contribution in [2.75, 3.05) is 13.2 Å². The average molecular weight is 130 g/mol. The third-order valence-corrected chi connectivity index (χ3v) is 0.756. The van der Waals surface area contributed by atoms with E-state index in [1.54, 1.807) is 13.1 Å². The zero-order valence-corrected chi connectivity index (χ0v) is 5.81. The molecule has 0 fully saturated rings. The maximum Gasteiger partial charge on any atom is 0.372 e. The molecular weight excluding hydrogens is 118 g/mol. The van der Waals surface area contributed by atoms with Crippen LogP contribution in [0.2, 0.25) is 0 Å². The van der Waals surface area contributed by atoms with Crippen LogP contribution in [0, 0.1) is 0 Å². The Morgan fingerprint density at radius 3 is 2.89 bits per heavy atom. The van der Waals surface area contributed by atoms with Gasteiger partial charge in [-0.25, -0.2) is 9.79 Å². The lowest BCUT2D eigenvalue weighted by molar-refractivity contribution is -0.442. The summed E-state index contributed by atoms with van der Waals surface area (Å²) in [7, 11) is 0. The predicted molar refractivity (Wildman–Crippen MR) is 34.2 cm³/mol. The van der Waals surface area contributed by atoms with E-state index in [0.29, 0.717) is 6.61 Å². The fourth-order valence-corrected chi connectivity index (χ4v) is 0.397. The Morgan fingerprint density at radius 2 is 2.44 bits per heavy atom. The summed E-state index contributed by atoms with van der Waals surface area (Å²) in [6.07, 6.45) is 1.71. The van der Waals surface area contributed by atoms with Crippen molar-refractivity contribution in [1.82, 2.24) is 0 Å². The molecule has 0 heterocycles. The second kappa shape index (κ2) is 5.28. The van der Waals surface area contributed by atoms with Crippen molar-refractivity contribution in [3.63, 3.8) is 0 Å². The molecule has 0 bridgehead atoms. The van der Waals surface area contributed by atoms with Crippen LogP contribution in [0.3, 0.4) is 0 Å². The van der Waals surface area contributed by atoms with Crippen LogP contribution in [0.4, 0.5) is 0 Å². The number of carbonyl (C=O) groups is 1. The van der Waals surface area contributed by atoms with Gasteiger partial charge in [0.2, 0.25) is 6.54 Å². The first kappa shape index (κ1) is 8.14. The normalized spacial score (nSPS) is 10.0. The molecule has 0 saturated heterocycles. The molecule has 0 aromatic heterocycles. The highest BCUT2D eigenvalue weighted by Gasteiger charge is 1.99. The van der Waals surface area contributed by atoms with Crippen molar-refractivity contribution in [1.29, 1.82) is 0 Å². The van der Waals surface area contributed by atoms with E-state index < -0.39 is 0 Å². The second-order valence-corrected chi connectivity index (χ2v) is 1.47. The monoisotopic (exact) mass is 130 g/mol. The van der Waals surface area contributed by atoms with E-state index in [2.05, 4.69) is 9.73 Å². The largest absolute Gasteiger partial charge is 0.461 e. The summed E-state index contributed by atoms with van der Waals surface area (Å²) in [6.45, 7) is 4.32. The summed E-state index contributed by atoms with van der Waals surface area (Å²) in [5, 5.41) is 0. The van der Waals surface area contributed by atoms with E-state index in [9.17, 15) is 4.79 Å². The van der Waals surface area contributed by atoms with E-state index in [0.717, 1.165) is 0 Å². The number of ether oxygens (including phenoxy) is 1. The number of nitrogens with one attached hydrogen (secondary N) is 1. The Bertz CT molecular complexity index is 110. The van der Waals surface area contributed by atoms with Crippen molar-refractivity contribution >= 4 is 12.2 Å². The zero-order chi connectivity index (χ0) is 7.11. The van der Waals surface area contributed by atoms with E-state index >= 15 is 0 Å². The molecule has 0 rings (SSSR count). The number of hydrogen-bond donors (Lipinski definition) is 1. The minimum absolute atomic E-state index is 0.212. The highest BCUT2D eigenvalue weighted by Crippen LogP contribution is 1.69. The van der Waals surface area contributed by atoms with E-state index in [-0.39, 0.29) is 12.5 Å². The highest BCUT2D eigenvalue weighted by molar-refractivity contribution is 5.70. The Hall–Kier alpha value is -0.860. The molecule has 0 aromatic carbocycles. The van der Waals surface area contributed by atoms with Gasteiger partial charge in [-0.05, 0) is 6.92 Å². The first-order valence-corrected chi connectivity index (χ1v) is 2.98. The predicted octanol–water partition coefficient (Wildman–Crippen LogP) is -1.28. The smallest absolute Gasteiger partial charge is 0.372 e. The molecule has 0 aromatic rings. The average Bonchev–Trinajstić information content (AvgIpc) is 1.85. The molecule has 52 valence electrons. The van der Waals surface area contributed by atoms with Gasteiger partial charge in [0.25, 0.3) is 0 Å². The quantitative estimate of drug-likeness (QED) is 0.382. The summed E-state index contributed by atoms with van der Waals surface area (Å²) in [6, 6.07) is 0. The SMILES string of the molecule is CC=[NH+]CC(=O)OCC. The van der Waals surface area contributed by atoms with Crippen LogP contribution in [0.15, 0.2) is 0 Å². The van der Waals surface area contributed by atoms with Gasteiger partial charge >= 0.3 is 5.97 Å². The van der Waals surface area contributed by atoms with Crippen LogP contribution in [0.25, 0.3) is 0 Å². The van der Waals surface area contributed by atoms with Crippen molar-refractivity contribution in [2.24, 2.45) is 0 Å². The maximum absolute atomic E-state index is 10.5. The first-order chi connectivity index (χ1) is 4.31. The van der Waals surface area contributed by atoms with Gasteiger partial charge in [-0.15, -0.1) is 0 Å². The summed E-state index contributed by atoms with van der Waals surface area (Å²) in [5.41, 5.74) is 0. The molecule has 3 nitrogen and oxygen atoms in total. The molecule has 0 atom stereocenters. The number of esters is 1. The molecule has 1 N–H and O–H groups in total. The lowest BCUT2D eigenvalue weighted by Crippen LogP contribution is -2.71. The fraction of sp³-hybridized carbons (Fsp3) is 0.667. The lowest BCUT2D eigenvalue weighted by atomic mass is 10.6. The zero-order valence-electron chi connectivity index (χ0n) is 5.81. The number of rotatable bonds is 3. The summed E-state index contributed by atoms with van der Waals surface area (Å²) in [4.78, 5) is 13.2. The Morgan fingerprint density at radius 1 is 1.78 bits per heavy atom. The molecule has 0 aliphatic rings. The van der Waals surface area contributed by atoms with Crippen LogP contribution < -0.4 is 4.99 Å². The van der Waals surface area contributed by atoms with Crippen molar-refractivity contribution in [2.45, 2.75) is 13.8 Å².